The Kier molecular flexibility index (Phi) is 6.56. The Morgan fingerprint density at radius 3 is 2.32 bits per heavy atom. The van der Waals surface area contributed by atoms with Crippen LogP contribution < -0.4 is 10.0 Å². The first-order valence-corrected chi connectivity index (χ1v) is 9.03. The molecular weight excluding hydrogens is 300 g/mol. The van der Waals surface area contributed by atoms with Gasteiger partial charge in [-0.3, -0.25) is 4.79 Å². The molecule has 0 saturated carbocycles. The van der Waals surface area contributed by atoms with E-state index in [2.05, 4.69) is 23.9 Å². The molecule has 22 heavy (non-hydrogen) atoms. The van der Waals surface area contributed by atoms with Crippen molar-refractivity contribution in [3.05, 3.63) is 29.8 Å². The minimum Gasteiger partial charge on any atom is -0.350 e. The van der Waals surface area contributed by atoms with Crippen molar-refractivity contribution >= 4 is 15.9 Å². The molecule has 0 fully saturated rings. The molecule has 5 nitrogen and oxygen atoms in total. The van der Waals surface area contributed by atoms with Crippen LogP contribution >= 0.6 is 0 Å². The van der Waals surface area contributed by atoms with Crippen LogP contribution in [-0.4, -0.2) is 26.4 Å². The van der Waals surface area contributed by atoms with E-state index in [-0.39, 0.29) is 22.9 Å². The Morgan fingerprint density at radius 1 is 1.14 bits per heavy atom. The van der Waals surface area contributed by atoms with Gasteiger partial charge in [0.1, 0.15) is 0 Å². The molecule has 1 atom stereocenters. The first-order chi connectivity index (χ1) is 10.1. The van der Waals surface area contributed by atoms with Crippen molar-refractivity contribution in [2.24, 2.45) is 5.92 Å². The van der Waals surface area contributed by atoms with Crippen molar-refractivity contribution < 1.29 is 13.2 Å². The molecule has 1 rings (SSSR count). The molecule has 0 bridgehead atoms. The Balaban J connectivity index is 2.90. The summed E-state index contributed by atoms with van der Waals surface area (Å²) in [7, 11) is -3.59. The minimum absolute atomic E-state index is 0.0431. The number of benzene rings is 1. The van der Waals surface area contributed by atoms with E-state index in [0.717, 1.165) is 6.42 Å². The zero-order valence-corrected chi connectivity index (χ0v) is 14.7. The molecule has 1 aromatic carbocycles. The lowest BCUT2D eigenvalue weighted by Crippen LogP contribution is -2.34. The number of amides is 1. The fourth-order valence-corrected chi connectivity index (χ4v) is 3.55. The predicted octanol–water partition coefficient (Wildman–Crippen LogP) is 2.54. The van der Waals surface area contributed by atoms with E-state index < -0.39 is 10.0 Å². The second-order valence-electron chi connectivity index (χ2n) is 6.31. The van der Waals surface area contributed by atoms with Crippen LogP contribution in [0.1, 0.15) is 51.4 Å². The van der Waals surface area contributed by atoms with E-state index >= 15 is 0 Å². The topological polar surface area (TPSA) is 75.3 Å². The van der Waals surface area contributed by atoms with Gasteiger partial charge in [0.05, 0.1) is 4.90 Å². The third kappa shape index (κ3) is 5.77. The second kappa shape index (κ2) is 7.74. The van der Waals surface area contributed by atoms with E-state index in [1.807, 2.05) is 6.92 Å². The zero-order valence-electron chi connectivity index (χ0n) is 13.9. The molecule has 124 valence electrons. The van der Waals surface area contributed by atoms with Crippen LogP contribution in [-0.2, 0) is 10.0 Å². The standard InChI is InChI=1S/C16H26N2O3S/c1-11(2)9-13(5)17-16(19)14-7-6-8-15(10-14)22(20,21)18-12(3)4/h6-8,10-13,18H,9H2,1-5H3,(H,17,19)/t13-/m0/s1. The highest BCUT2D eigenvalue weighted by atomic mass is 32.2. The van der Waals surface area contributed by atoms with Crippen molar-refractivity contribution in [3.8, 4) is 0 Å². The number of rotatable bonds is 7. The number of carbonyl (C=O) groups is 1. The largest absolute Gasteiger partial charge is 0.350 e. The molecule has 0 radical (unpaired) electrons. The summed E-state index contributed by atoms with van der Waals surface area (Å²) in [6, 6.07) is 5.93. The van der Waals surface area contributed by atoms with Gasteiger partial charge in [-0.25, -0.2) is 13.1 Å². The van der Waals surface area contributed by atoms with Gasteiger partial charge in [-0.05, 0) is 51.3 Å². The molecule has 0 spiro atoms. The Hall–Kier alpha value is -1.40. The summed E-state index contributed by atoms with van der Waals surface area (Å²) >= 11 is 0. The van der Waals surface area contributed by atoms with Crippen LogP contribution in [0.4, 0.5) is 0 Å². The lowest BCUT2D eigenvalue weighted by molar-refractivity contribution is 0.0936. The van der Waals surface area contributed by atoms with Crippen LogP contribution in [0.5, 0.6) is 0 Å². The molecule has 1 aromatic rings. The van der Waals surface area contributed by atoms with Gasteiger partial charge in [0.25, 0.3) is 5.91 Å². The molecule has 0 aliphatic carbocycles. The lowest BCUT2D eigenvalue weighted by atomic mass is 10.0. The summed E-state index contributed by atoms with van der Waals surface area (Å²) in [4.78, 5) is 12.3. The van der Waals surface area contributed by atoms with Crippen molar-refractivity contribution in [3.63, 3.8) is 0 Å². The molecule has 1 amide bonds. The SMILES string of the molecule is CC(C)C[C@H](C)NC(=O)c1cccc(S(=O)(=O)NC(C)C)c1. The van der Waals surface area contributed by atoms with Crippen molar-refractivity contribution in [2.45, 2.75) is 58.0 Å². The molecule has 0 heterocycles. The fourth-order valence-electron chi connectivity index (χ4n) is 2.26. The monoisotopic (exact) mass is 326 g/mol. The van der Waals surface area contributed by atoms with Gasteiger partial charge in [-0.15, -0.1) is 0 Å². The predicted molar refractivity (Wildman–Crippen MR) is 88.3 cm³/mol. The highest BCUT2D eigenvalue weighted by molar-refractivity contribution is 7.89. The molecular formula is C16H26N2O3S. The van der Waals surface area contributed by atoms with Gasteiger partial charge in [-0.1, -0.05) is 19.9 Å². The van der Waals surface area contributed by atoms with Gasteiger partial charge in [-0.2, -0.15) is 0 Å². The number of hydrogen-bond acceptors (Lipinski definition) is 3. The molecule has 2 N–H and O–H groups in total. The Bertz CT molecular complexity index is 610. The molecule has 0 unspecified atom stereocenters. The van der Waals surface area contributed by atoms with Gasteiger partial charge in [0, 0.05) is 17.6 Å². The van der Waals surface area contributed by atoms with E-state index in [1.165, 1.54) is 12.1 Å². The van der Waals surface area contributed by atoms with Crippen molar-refractivity contribution in [2.75, 3.05) is 0 Å². The molecule has 0 saturated heterocycles. The first kappa shape index (κ1) is 18.6. The minimum atomic E-state index is -3.59. The van der Waals surface area contributed by atoms with Crippen molar-refractivity contribution in [1.29, 1.82) is 0 Å². The van der Waals surface area contributed by atoms with E-state index in [1.54, 1.807) is 26.0 Å². The Morgan fingerprint density at radius 2 is 1.77 bits per heavy atom. The average Bonchev–Trinajstić information content (AvgIpc) is 2.36. The highest BCUT2D eigenvalue weighted by Gasteiger charge is 2.18. The maximum absolute atomic E-state index is 12.2. The molecule has 0 aliphatic heterocycles. The summed E-state index contributed by atoms with van der Waals surface area (Å²) in [5.74, 6) is 0.229. The summed E-state index contributed by atoms with van der Waals surface area (Å²) in [6.07, 6.45) is 0.874. The average molecular weight is 326 g/mol. The summed E-state index contributed by atoms with van der Waals surface area (Å²) in [5.41, 5.74) is 0.349. The molecule has 0 aromatic heterocycles. The first-order valence-electron chi connectivity index (χ1n) is 7.55. The fraction of sp³-hybridized carbons (Fsp3) is 0.562. The third-order valence-electron chi connectivity index (χ3n) is 3.00. The lowest BCUT2D eigenvalue weighted by Gasteiger charge is -2.16. The van der Waals surface area contributed by atoms with Gasteiger partial charge >= 0.3 is 0 Å². The maximum atomic E-state index is 12.2. The van der Waals surface area contributed by atoms with Crippen LogP contribution in [0.2, 0.25) is 0 Å². The maximum Gasteiger partial charge on any atom is 0.251 e. The van der Waals surface area contributed by atoms with Crippen molar-refractivity contribution in [1.82, 2.24) is 10.0 Å². The van der Waals surface area contributed by atoms with E-state index in [4.69, 9.17) is 0 Å². The van der Waals surface area contributed by atoms with Crippen LogP contribution in [0.15, 0.2) is 29.2 Å². The summed E-state index contributed by atoms with van der Waals surface area (Å²) < 4.78 is 26.8. The third-order valence-corrected chi connectivity index (χ3v) is 4.66. The van der Waals surface area contributed by atoms with Gasteiger partial charge in [0.15, 0.2) is 0 Å². The highest BCUT2D eigenvalue weighted by Crippen LogP contribution is 2.13. The summed E-state index contributed by atoms with van der Waals surface area (Å²) in [5, 5.41) is 2.89. The van der Waals surface area contributed by atoms with E-state index in [0.29, 0.717) is 11.5 Å². The second-order valence-corrected chi connectivity index (χ2v) is 8.02. The number of sulfonamides is 1. The smallest absolute Gasteiger partial charge is 0.251 e. The molecule has 0 aliphatic rings. The Labute approximate surface area is 133 Å². The van der Waals surface area contributed by atoms with Crippen LogP contribution in [0.25, 0.3) is 0 Å². The zero-order chi connectivity index (χ0) is 16.9. The number of hydrogen-bond donors (Lipinski definition) is 2. The number of nitrogens with one attached hydrogen (secondary N) is 2. The number of carbonyl (C=O) groups excluding carboxylic acids is 1. The van der Waals surface area contributed by atoms with Crippen LogP contribution in [0, 0.1) is 5.92 Å². The normalized spacial score (nSPS) is 13.4. The van der Waals surface area contributed by atoms with Gasteiger partial charge in [0.2, 0.25) is 10.0 Å². The van der Waals surface area contributed by atoms with Crippen LogP contribution in [0.3, 0.4) is 0 Å². The van der Waals surface area contributed by atoms with Gasteiger partial charge < -0.3 is 5.32 Å². The summed E-state index contributed by atoms with van der Waals surface area (Å²) in [6.45, 7) is 9.63. The van der Waals surface area contributed by atoms with E-state index in [9.17, 15) is 13.2 Å². The molecule has 6 heteroatoms. The quantitative estimate of drug-likeness (QED) is 0.808.